The van der Waals surface area contributed by atoms with E-state index in [9.17, 15) is 9.59 Å². The number of ether oxygens (including phenoxy) is 1. The summed E-state index contributed by atoms with van der Waals surface area (Å²) in [6.45, 7) is 7.85. The van der Waals surface area contributed by atoms with Gasteiger partial charge in [-0.3, -0.25) is 4.79 Å². The monoisotopic (exact) mass is 229 g/mol. The first kappa shape index (κ1) is 14.9. The maximum atomic E-state index is 11.6. The van der Waals surface area contributed by atoms with Crippen molar-refractivity contribution in [2.75, 3.05) is 7.11 Å². The van der Waals surface area contributed by atoms with Crippen molar-refractivity contribution < 1.29 is 14.3 Å². The molecule has 0 fully saturated rings. The van der Waals surface area contributed by atoms with Gasteiger partial charge in [-0.15, -0.1) is 0 Å². The first-order valence-corrected chi connectivity index (χ1v) is 5.79. The third kappa shape index (κ3) is 5.14. The number of nitrogens with one attached hydrogen (secondary N) is 1. The summed E-state index contributed by atoms with van der Waals surface area (Å²) in [7, 11) is 1.34. The SMILES string of the molecule is CC[C@@H](C)[C@H](NC(=O)CC(C)C)C(=O)OC. The molecule has 94 valence electrons. The molecule has 0 aromatic heterocycles. The number of hydrogen-bond donors (Lipinski definition) is 1. The van der Waals surface area contributed by atoms with Crippen LogP contribution in [-0.4, -0.2) is 25.0 Å². The van der Waals surface area contributed by atoms with Crippen molar-refractivity contribution in [3.63, 3.8) is 0 Å². The standard InChI is InChI=1S/C12H23NO3/c1-6-9(4)11(12(15)16-5)13-10(14)7-8(2)3/h8-9,11H,6-7H2,1-5H3,(H,13,14)/t9-,11+/m1/s1. The number of carbonyl (C=O) groups excluding carboxylic acids is 2. The van der Waals surface area contributed by atoms with Crippen molar-refractivity contribution >= 4 is 11.9 Å². The second kappa shape index (κ2) is 7.25. The molecule has 0 aromatic carbocycles. The smallest absolute Gasteiger partial charge is 0.328 e. The molecule has 1 amide bonds. The summed E-state index contributed by atoms with van der Waals surface area (Å²) >= 11 is 0. The second-order valence-corrected chi connectivity index (χ2v) is 4.55. The molecule has 16 heavy (non-hydrogen) atoms. The van der Waals surface area contributed by atoms with Gasteiger partial charge in [-0.25, -0.2) is 4.79 Å². The molecule has 2 atom stereocenters. The van der Waals surface area contributed by atoms with Gasteiger partial charge in [-0.2, -0.15) is 0 Å². The minimum absolute atomic E-state index is 0.0866. The van der Waals surface area contributed by atoms with Gasteiger partial charge in [-0.1, -0.05) is 34.1 Å². The summed E-state index contributed by atoms with van der Waals surface area (Å²) in [4.78, 5) is 23.1. The van der Waals surface area contributed by atoms with Crippen molar-refractivity contribution in [1.82, 2.24) is 5.32 Å². The lowest BCUT2D eigenvalue weighted by Crippen LogP contribution is -2.45. The maximum Gasteiger partial charge on any atom is 0.328 e. The first-order valence-electron chi connectivity index (χ1n) is 5.79. The molecular formula is C12H23NO3. The highest BCUT2D eigenvalue weighted by Crippen LogP contribution is 2.10. The molecule has 1 N–H and O–H groups in total. The molecule has 0 bridgehead atoms. The molecule has 0 aliphatic rings. The van der Waals surface area contributed by atoms with Crippen molar-refractivity contribution in [3.05, 3.63) is 0 Å². The Kier molecular flexibility index (Phi) is 6.77. The zero-order chi connectivity index (χ0) is 12.7. The fourth-order valence-electron chi connectivity index (χ4n) is 1.40. The summed E-state index contributed by atoms with van der Waals surface area (Å²) in [6.07, 6.45) is 1.26. The van der Waals surface area contributed by atoms with Crippen LogP contribution in [0.25, 0.3) is 0 Å². The minimum atomic E-state index is -0.527. The van der Waals surface area contributed by atoms with Gasteiger partial charge in [0, 0.05) is 6.42 Å². The van der Waals surface area contributed by atoms with Gasteiger partial charge in [0.05, 0.1) is 7.11 Å². The number of methoxy groups -OCH3 is 1. The van der Waals surface area contributed by atoms with E-state index in [2.05, 4.69) is 10.1 Å². The Balaban J connectivity index is 4.43. The fourth-order valence-corrected chi connectivity index (χ4v) is 1.40. The van der Waals surface area contributed by atoms with Gasteiger partial charge in [-0.05, 0) is 11.8 Å². The average Bonchev–Trinajstić information content (AvgIpc) is 2.22. The zero-order valence-electron chi connectivity index (χ0n) is 10.9. The van der Waals surface area contributed by atoms with Crippen LogP contribution in [0.5, 0.6) is 0 Å². The number of rotatable bonds is 6. The van der Waals surface area contributed by atoms with Crippen molar-refractivity contribution in [2.24, 2.45) is 11.8 Å². The Bertz CT molecular complexity index is 238. The van der Waals surface area contributed by atoms with Crippen LogP contribution in [0, 0.1) is 11.8 Å². The van der Waals surface area contributed by atoms with Crippen LogP contribution in [0.1, 0.15) is 40.5 Å². The predicted molar refractivity (Wildman–Crippen MR) is 62.9 cm³/mol. The van der Waals surface area contributed by atoms with Gasteiger partial charge in [0.2, 0.25) is 5.91 Å². The lowest BCUT2D eigenvalue weighted by molar-refractivity contribution is -0.146. The third-order valence-electron chi connectivity index (χ3n) is 2.58. The van der Waals surface area contributed by atoms with E-state index in [1.807, 2.05) is 27.7 Å². The van der Waals surface area contributed by atoms with Gasteiger partial charge in [0.1, 0.15) is 6.04 Å². The largest absolute Gasteiger partial charge is 0.467 e. The normalized spacial score (nSPS) is 14.4. The van der Waals surface area contributed by atoms with E-state index in [1.54, 1.807) is 0 Å². The molecule has 0 aliphatic carbocycles. The quantitative estimate of drug-likeness (QED) is 0.706. The molecule has 4 nitrogen and oxygen atoms in total. The van der Waals surface area contributed by atoms with Crippen molar-refractivity contribution in [3.8, 4) is 0 Å². The highest BCUT2D eigenvalue weighted by Gasteiger charge is 2.26. The molecule has 0 aliphatic heterocycles. The topological polar surface area (TPSA) is 55.4 Å². The molecular weight excluding hydrogens is 206 g/mol. The molecule has 0 heterocycles. The molecule has 0 saturated heterocycles. The van der Waals surface area contributed by atoms with Crippen molar-refractivity contribution in [2.45, 2.75) is 46.6 Å². The first-order chi connectivity index (χ1) is 7.42. The van der Waals surface area contributed by atoms with Gasteiger partial charge in [0.25, 0.3) is 0 Å². The predicted octanol–water partition coefficient (Wildman–Crippen LogP) is 1.74. The number of esters is 1. The van der Waals surface area contributed by atoms with Crippen LogP contribution in [0.15, 0.2) is 0 Å². The third-order valence-corrected chi connectivity index (χ3v) is 2.58. The summed E-state index contributed by atoms with van der Waals surface area (Å²) in [6, 6.07) is -0.527. The maximum absolute atomic E-state index is 11.6. The van der Waals surface area contributed by atoms with E-state index in [1.165, 1.54) is 7.11 Å². The molecule has 0 saturated carbocycles. The Morgan fingerprint density at radius 2 is 1.81 bits per heavy atom. The highest BCUT2D eigenvalue weighted by atomic mass is 16.5. The Morgan fingerprint density at radius 3 is 2.19 bits per heavy atom. The summed E-state index contributed by atoms with van der Waals surface area (Å²) in [5.74, 6) is -0.0871. The van der Waals surface area contributed by atoms with Crippen LogP contribution < -0.4 is 5.32 Å². The lowest BCUT2D eigenvalue weighted by Gasteiger charge is -2.22. The zero-order valence-corrected chi connectivity index (χ0v) is 10.9. The summed E-state index contributed by atoms with van der Waals surface area (Å²) in [5, 5.41) is 2.74. The van der Waals surface area contributed by atoms with Gasteiger partial charge < -0.3 is 10.1 Å². The van der Waals surface area contributed by atoms with Crippen LogP contribution in [0.2, 0.25) is 0 Å². The van der Waals surface area contributed by atoms with Crippen LogP contribution in [0.3, 0.4) is 0 Å². The van der Waals surface area contributed by atoms with E-state index in [-0.39, 0.29) is 23.7 Å². The molecule has 0 spiro atoms. The molecule has 0 aromatic rings. The van der Waals surface area contributed by atoms with E-state index >= 15 is 0 Å². The van der Waals surface area contributed by atoms with Crippen LogP contribution in [0.4, 0.5) is 0 Å². The number of hydrogen-bond acceptors (Lipinski definition) is 3. The van der Waals surface area contributed by atoms with Crippen LogP contribution >= 0.6 is 0 Å². The van der Waals surface area contributed by atoms with Gasteiger partial charge >= 0.3 is 5.97 Å². The minimum Gasteiger partial charge on any atom is -0.467 e. The van der Waals surface area contributed by atoms with E-state index < -0.39 is 6.04 Å². The number of amides is 1. The molecule has 0 rings (SSSR count). The van der Waals surface area contributed by atoms with Gasteiger partial charge in [0.15, 0.2) is 0 Å². The summed E-state index contributed by atoms with van der Waals surface area (Å²) < 4.78 is 4.69. The lowest BCUT2D eigenvalue weighted by atomic mass is 9.98. The van der Waals surface area contributed by atoms with E-state index in [4.69, 9.17) is 0 Å². The summed E-state index contributed by atoms with van der Waals surface area (Å²) in [5.41, 5.74) is 0. The fraction of sp³-hybridized carbons (Fsp3) is 0.833. The number of carbonyl (C=O) groups is 2. The van der Waals surface area contributed by atoms with E-state index in [0.29, 0.717) is 6.42 Å². The highest BCUT2D eigenvalue weighted by molar-refractivity contribution is 5.84. The molecule has 0 unspecified atom stereocenters. The Hall–Kier alpha value is -1.06. The van der Waals surface area contributed by atoms with E-state index in [0.717, 1.165) is 6.42 Å². The second-order valence-electron chi connectivity index (χ2n) is 4.55. The molecule has 4 heteroatoms. The Labute approximate surface area is 97.7 Å². The molecule has 0 radical (unpaired) electrons. The van der Waals surface area contributed by atoms with Crippen molar-refractivity contribution in [1.29, 1.82) is 0 Å². The Morgan fingerprint density at radius 1 is 1.25 bits per heavy atom. The van der Waals surface area contributed by atoms with Crippen LogP contribution in [-0.2, 0) is 14.3 Å². The average molecular weight is 229 g/mol.